The van der Waals surface area contributed by atoms with E-state index >= 15 is 0 Å². The van der Waals surface area contributed by atoms with Crippen LogP contribution in [0.4, 0.5) is 10.5 Å². The number of nitrogens with one attached hydrogen (secondary N) is 1. The molecule has 2 amide bonds. The Morgan fingerprint density at radius 2 is 1.75 bits per heavy atom. The van der Waals surface area contributed by atoms with Gasteiger partial charge in [-0.15, -0.1) is 0 Å². The lowest BCUT2D eigenvalue weighted by Crippen LogP contribution is -2.49. The third-order valence-electron chi connectivity index (χ3n) is 6.67. The van der Waals surface area contributed by atoms with Crippen molar-refractivity contribution in [2.75, 3.05) is 11.4 Å². The van der Waals surface area contributed by atoms with Crippen LogP contribution < -0.4 is 15.7 Å². The Kier molecular flexibility index (Phi) is 5.77. The maximum absolute atomic E-state index is 13.3. The molecular weight excluding hydrogens is 407 g/mol. The van der Waals surface area contributed by atoms with Crippen LogP contribution in [0.25, 0.3) is 0 Å². The SMILES string of the molecule is CC1(C)OB(c2ccc3c(c2)CCN3C(=O)[C@H](Cc2ccccc2)NC(=O)O)OC1(C)C. The molecule has 32 heavy (non-hydrogen) atoms. The minimum Gasteiger partial charge on any atom is -0.465 e. The summed E-state index contributed by atoms with van der Waals surface area (Å²) in [5, 5.41) is 11.7. The quantitative estimate of drug-likeness (QED) is 0.704. The van der Waals surface area contributed by atoms with E-state index in [0.717, 1.165) is 22.3 Å². The molecule has 4 rings (SSSR count). The molecule has 0 saturated carbocycles. The molecule has 2 aliphatic heterocycles. The Morgan fingerprint density at radius 3 is 2.38 bits per heavy atom. The Bertz CT molecular complexity index is 1010. The largest absolute Gasteiger partial charge is 0.494 e. The van der Waals surface area contributed by atoms with E-state index in [1.807, 2.05) is 76.2 Å². The summed E-state index contributed by atoms with van der Waals surface area (Å²) in [5.74, 6) is -0.251. The van der Waals surface area contributed by atoms with Crippen molar-refractivity contribution in [3.63, 3.8) is 0 Å². The summed E-state index contributed by atoms with van der Waals surface area (Å²) < 4.78 is 12.3. The number of amides is 2. The van der Waals surface area contributed by atoms with E-state index in [1.165, 1.54) is 0 Å². The molecule has 0 bridgehead atoms. The molecule has 1 saturated heterocycles. The molecule has 2 N–H and O–H groups in total. The van der Waals surface area contributed by atoms with Crippen LogP contribution in [0.3, 0.4) is 0 Å². The van der Waals surface area contributed by atoms with Crippen LogP contribution in [-0.4, -0.2) is 48.0 Å². The summed E-state index contributed by atoms with van der Waals surface area (Å²) in [6.45, 7) is 8.58. The summed E-state index contributed by atoms with van der Waals surface area (Å²) >= 11 is 0. The second kappa shape index (κ2) is 8.26. The van der Waals surface area contributed by atoms with Gasteiger partial charge in [0, 0.05) is 18.7 Å². The fourth-order valence-electron chi connectivity index (χ4n) is 4.16. The zero-order valence-corrected chi connectivity index (χ0v) is 18.9. The summed E-state index contributed by atoms with van der Waals surface area (Å²) in [6, 6.07) is 14.4. The van der Waals surface area contributed by atoms with E-state index in [0.29, 0.717) is 19.4 Å². The Labute approximate surface area is 188 Å². The number of hydrogen-bond donors (Lipinski definition) is 2. The number of carbonyl (C=O) groups is 2. The molecule has 1 fully saturated rings. The third-order valence-corrected chi connectivity index (χ3v) is 6.67. The van der Waals surface area contributed by atoms with E-state index < -0.39 is 30.5 Å². The minimum atomic E-state index is -1.21. The molecule has 7 nitrogen and oxygen atoms in total. The zero-order chi connectivity index (χ0) is 23.1. The molecule has 2 aliphatic rings. The fraction of sp³-hybridized carbons (Fsp3) is 0.417. The maximum Gasteiger partial charge on any atom is 0.494 e. The van der Waals surface area contributed by atoms with Gasteiger partial charge in [0.05, 0.1) is 11.2 Å². The van der Waals surface area contributed by atoms with Gasteiger partial charge in [-0.05, 0) is 56.8 Å². The predicted octanol–water partition coefficient (Wildman–Crippen LogP) is 2.75. The first-order valence-corrected chi connectivity index (χ1v) is 10.9. The molecule has 0 unspecified atom stereocenters. The average Bonchev–Trinajstić information content (AvgIpc) is 3.24. The lowest BCUT2D eigenvalue weighted by atomic mass is 9.78. The summed E-state index contributed by atoms with van der Waals surface area (Å²) in [4.78, 5) is 26.3. The lowest BCUT2D eigenvalue weighted by Gasteiger charge is -2.32. The first-order valence-electron chi connectivity index (χ1n) is 10.9. The molecule has 2 heterocycles. The number of hydrogen-bond acceptors (Lipinski definition) is 4. The van der Waals surface area contributed by atoms with Gasteiger partial charge >= 0.3 is 13.2 Å². The summed E-state index contributed by atoms with van der Waals surface area (Å²) in [5.41, 5.74) is 2.80. The molecule has 168 valence electrons. The van der Waals surface area contributed by atoms with Gasteiger partial charge in [0.2, 0.25) is 5.91 Å². The third kappa shape index (κ3) is 4.25. The van der Waals surface area contributed by atoms with Crippen molar-refractivity contribution in [1.29, 1.82) is 0 Å². The van der Waals surface area contributed by atoms with Crippen molar-refractivity contribution in [2.45, 2.75) is 57.8 Å². The number of benzene rings is 2. The van der Waals surface area contributed by atoms with Crippen LogP contribution in [0.5, 0.6) is 0 Å². The van der Waals surface area contributed by atoms with Crippen molar-refractivity contribution < 1.29 is 24.0 Å². The van der Waals surface area contributed by atoms with Gasteiger partial charge in [-0.25, -0.2) is 4.79 Å². The number of anilines is 1. The molecule has 1 atom stereocenters. The van der Waals surface area contributed by atoms with E-state index in [9.17, 15) is 14.7 Å². The molecule has 8 heteroatoms. The average molecular weight is 436 g/mol. The highest BCUT2D eigenvalue weighted by atomic mass is 16.7. The van der Waals surface area contributed by atoms with E-state index in [2.05, 4.69) is 5.32 Å². The van der Waals surface area contributed by atoms with E-state index in [4.69, 9.17) is 9.31 Å². The molecular formula is C24H29BN2O5. The molecule has 0 aromatic heterocycles. The van der Waals surface area contributed by atoms with Gasteiger partial charge in [-0.1, -0.05) is 42.5 Å². The van der Waals surface area contributed by atoms with E-state index in [-0.39, 0.29) is 5.91 Å². The van der Waals surface area contributed by atoms with Gasteiger partial charge in [0.25, 0.3) is 0 Å². The molecule has 0 spiro atoms. The van der Waals surface area contributed by atoms with Crippen molar-refractivity contribution in [2.24, 2.45) is 0 Å². The summed E-state index contributed by atoms with van der Waals surface area (Å²) in [6.07, 6.45) is -0.224. The highest BCUT2D eigenvalue weighted by Gasteiger charge is 2.51. The van der Waals surface area contributed by atoms with Crippen molar-refractivity contribution >= 4 is 30.3 Å². The zero-order valence-electron chi connectivity index (χ0n) is 18.9. The van der Waals surface area contributed by atoms with Gasteiger partial charge in [-0.2, -0.15) is 0 Å². The van der Waals surface area contributed by atoms with Crippen LogP contribution in [0.2, 0.25) is 0 Å². The monoisotopic (exact) mass is 436 g/mol. The Balaban J connectivity index is 1.54. The van der Waals surface area contributed by atoms with Gasteiger partial charge in [-0.3, -0.25) is 4.79 Å². The van der Waals surface area contributed by atoms with E-state index in [1.54, 1.807) is 4.90 Å². The van der Waals surface area contributed by atoms with Crippen molar-refractivity contribution in [1.82, 2.24) is 5.32 Å². The van der Waals surface area contributed by atoms with Crippen LogP contribution in [-0.2, 0) is 26.9 Å². The van der Waals surface area contributed by atoms with Crippen LogP contribution >= 0.6 is 0 Å². The first kappa shape index (κ1) is 22.4. The minimum absolute atomic E-state index is 0.251. The van der Waals surface area contributed by atoms with Gasteiger partial charge < -0.3 is 24.6 Å². The highest BCUT2D eigenvalue weighted by molar-refractivity contribution is 6.62. The number of carboxylic acid groups (broad SMARTS) is 1. The smallest absolute Gasteiger partial charge is 0.465 e. The number of nitrogens with zero attached hydrogens (tertiary/aromatic N) is 1. The molecule has 0 radical (unpaired) electrons. The second-order valence-corrected chi connectivity index (χ2v) is 9.41. The Morgan fingerprint density at radius 1 is 1.09 bits per heavy atom. The van der Waals surface area contributed by atoms with Gasteiger partial charge in [0.15, 0.2) is 0 Å². The number of rotatable bonds is 5. The Hall–Kier alpha value is -2.84. The van der Waals surface area contributed by atoms with Crippen LogP contribution in [0.1, 0.15) is 38.8 Å². The predicted molar refractivity (Wildman–Crippen MR) is 123 cm³/mol. The lowest BCUT2D eigenvalue weighted by molar-refractivity contribution is -0.120. The van der Waals surface area contributed by atoms with Crippen LogP contribution in [0.15, 0.2) is 48.5 Å². The highest BCUT2D eigenvalue weighted by Crippen LogP contribution is 2.37. The molecule has 2 aromatic rings. The first-order chi connectivity index (χ1) is 15.1. The summed E-state index contributed by atoms with van der Waals surface area (Å²) in [7, 11) is -0.463. The standard InChI is InChI=1S/C24H29BN2O5/c1-23(2)24(3,4)32-25(31-23)18-10-11-20-17(15-18)12-13-27(20)21(28)19(26-22(29)30)14-16-8-6-5-7-9-16/h5-11,15,19,26H,12-14H2,1-4H3,(H,29,30)/t19-/m0/s1. The molecule has 2 aromatic carbocycles. The number of fused-ring (bicyclic) bond motifs is 1. The van der Waals surface area contributed by atoms with Crippen molar-refractivity contribution in [3.8, 4) is 0 Å². The normalized spacial score (nSPS) is 19.5. The molecule has 0 aliphatic carbocycles. The van der Waals surface area contributed by atoms with Crippen LogP contribution in [0, 0.1) is 0 Å². The maximum atomic E-state index is 13.3. The van der Waals surface area contributed by atoms with Crippen molar-refractivity contribution in [3.05, 3.63) is 59.7 Å². The second-order valence-electron chi connectivity index (χ2n) is 9.41. The van der Waals surface area contributed by atoms with Gasteiger partial charge in [0.1, 0.15) is 6.04 Å². The fourth-order valence-corrected chi connectivity index (χ4v) is 4.16. The topological polar surface area (TPSA) is 88.1 Å². The number of carbonyl (C=O) groups excluding carboxylic acids is 1.